The van der Waals surface area contributed by atoms with Gasteiger partial charge in [-0.2, -0.15) is 5.26 Å². The lowest BCUT2D eigenvalue weighted by Gasteiger charge is -2.17. The molecule has 2 rings (SSSR count). The summed E-state index contributed by atoms with van der Waals surface area (Å²) in [5.74, 6) is 1.60. The predicted molar refractivity (Wildman–Crippen MR) is 68.0 cm³/mol. The first kappa shape index (κ1) is 11.8. The first-order chi connectivity index (χ1) is 8.33. The van der Waals surface area contributed by atoms with E-state index in [4.69, 9.17) is 10.00 Å². The van der Waals surface area contributed by atoms with Gasteiger partial charge < -0.3 is 10.1 Å². The van der Waals surface area contributed by atoms with Crippen LogP contribution in [0.25, 0.3) is 0 Å². The fourth-order valence-electron chi connectivity index (χ4n) is 2.03. The number of nitrogens with zero attached hydrogens (tertiary/aromatic N) is 1. The van der Waals surface area contributed by atoms with E-state index in [9.17, 15) is 0 Å². The topological polar surface area (TPSA) is 45.0 Å². The zero-order valence-corrected chi connectivity index (χ0v) is 10.1. The molecule has 0 amide bonds. The lowest BCUT2D eigenvalue weighted by molar-refractivity contribution is 0.368. The highest BCUT2D eigenvalue weighted by Gasteiger charge is 2.29. The normalized spacial score (nSPS) is 16.0. The third kappa shape index (κ3) is 3.39. The van der Waals surface area contributed by atoms with Crippen molar-refractivity contribution in [3.63, 3.8) is 0 Å². The molecule has 0 radical (unpaired) electrons. The Kier molecular flexibility index (Phi) is 3.87. The van der Waals surface area contributed by atoms with Crippen molar-refractivity contribution < 1.29 is 4.74 Å². The molecule has 1 unspecified atom stereocenters. The summed E-state index contributed by atoms with van der Waals surface area (Å²) >= 11 is 0. The number of benzene rings is 1. The monoisotopic (exact) mass is 230 g/mol. The van der Waals surface area contributed by atoms with Gasteiger partial charge >= 0.3 is 0 Å². The van der Waals surface area contributed by atoms with E-state index < -0.39 is 0 Å². The molecule has 0 aromatic heterocycles. The Hall–Kier alpha value is -1.69. The Balaban J connectivity index is 1.90. The highest BCUT2D eigenvalue weighted by molar-refractivity contribution is 5.47. The minimum absolute atomic E-state index is 0.104. The molecule has 1 aromatic rings. The predicted octanol–water partition coefficient (Wildman–Crippen LogP) is 3.19. The molecule has 0 heterocycles. The van der Waals surface area contributed by atoms with Gasteiger partial charge in [0.25, 0.3) is 0 Å². The van der Waals surface area contributed by atoms with E-state index >= 15 is 0 Å². The Morgan fingerprint density at radius 1 is 1.41 bits per heavy atom. The van der Waals surface area contributed by atoms with Crippen molar-refractivity contribution in [2.45, 2.75) is 32.2 Å². The van der Waals surface area contributed by atoms with Gasteiger partial charge in [-0.3, -0.25) is 0 Å². The Labute approximate surface area is 102 Å². The third-order valence-corrected chi connectivity index (χ3v) is 3.14. The number of hydrogen-bond acceptors (Lipinski definition) is 3. The molecule has 1 atom stereocenters. The molecule has 1 saturated carbocycles. The third-order valence-electron chi connectivity index (χ3n) is 3.14. The summed E-state index contributed by atoms with van der Waals surface area (Å²) in [4.78, 5) is 0. The molecule has 0 spiro atoms. The van der Waals surface area contributed by atoms with Gasteiger partial charge in [0.15, 0.2) is 6.61 Å². The van der Waals surface area contributed by atoms with Crippen molar-refractivity contribution in [1.82, 2.24) is 0 Å². The summed E-state index contributed by atoms with van der Waals surface area (Å²) in [6, 6.07) is 10.4. The van der Waals surface area contributed by atoms with Crippen LogP contribution in [0.4, 0.5) is 5.69 Å². The second kappa shape index (κ2) is 5.58. The minimum atomic E-state index is 0.104. The molecule has 90 valence electrons. The molecular formula is C14H18N2O. The zero-order chi connectivity index (χ0) is 12.1. The summed E-state index contributed by atoms with van der Waals surface area (Å²) < 4.78 is 5.21. The van der Waals surface area contributed by atoms with E-state index in [2.05, 4.69) is 12.2 Å². The van der Waals surface area contributed by atoms with Gasteiger partial charge in [0.1, 0.15) is 11.8 Å². The average molecular weight is 230 g/mol. The number of hydrogen-bond donors (Lipinski definition) is 1. The molecule has 1 N–H and O–H groups in total. The van der Waals surface area contributed by atoms with Crippen LogP contribution in [0.5, 0.6) is 5.75 Å². The molecule has 3 nitrogen and oxygen atoms in total. The molecule has 17 heavy (non-hydrogen) atoms. The van der Waals surface area contributed by atoms with Crippen LogP contribution in [0.1, 0.15) is 26.2 Å². The first-order valence-electron chi connectivity index (χ1n) is 6.20. The molecule has 0 aliphatic heterocycles. The zero-order valence-electron chi connectivity index (χ0n) is 10.1. The van der Waals surface area contributed by atoms with E-state index in [1.54, 1.807) is 0 Å². The van der Waals surface area contributed by atoms with Crippen molar-refractivity contribution in [2.24, 2.45) is 5.92 Å². The van der Waals surface area contributed by atoms with E-state index in [0.717, 1.165) is 23.8 Å². The summed E-state index contributed by atoms with van der Waals surface area (Å²) in [5.41, 5.74) is 1.13. The van der Waals surface area contributed by atoms with Crippen LogP contribution in [0, 0.1) is 17.2 Å². The maximum atomic E-state index is 8.41. The molecule has 1 aliphatic carbocycles. The second-order valence-corrected chi connectivity index (χ2v) is 4.47. The fourth-order valence-corrected chi connectivity index (χ4v) is 2.03. The van der Waals surface area contributed by atoms with E-state index in [-0.39, 0.29) is 6.61 Å². The van der Waals surface area contributed by atoms with Gasteiger partial charge in [-0.05, 0) is 49.4 Å². The molecule has 1 aliphatic rings. The number of anilines is 1. The highest BCUT2D eigenvalue weighted by atomic mass is 16.5. The van der Waals surface area contributed by atoms with Crippen molar-refractivity contribution in [2.75, 3.05) is 11.9 Å². The van der Waals surface area contributed by atoms with Crippen molar-refractivity contribution >= 4 is 5.69 Å². The van der Waals surface area contributed by atoms with Crippen LogP contribution < -0.4 is 10.1 Å². The van der Waals surface area contributed by atoms with Crippen LogP contribution >= 0.6 is 0 Å². The number of rotatable bonds is 6. The summed E-state index contributed by atoms with van der Waals surface area (Å²) in [6.07, 6.45) is 3.88. The second-order valence-electron chi connectivity index (χ2n) is 4.47. The van der Waals surface area contributed by atoms with Crippen LogP contribution in [0.3, 0.4) is 0 Å². The molecule has 1 aromatic carbocycles. The molecule has 1 fully saturated rings. The van der Waals surface area contributed by atoms with Crippen molar-refractivity contribution in [3.05, 3.63) is 24.3 Å². The van der Waals surface area contributed by atoms with E-state index in [1.807, 2.05) is 30.3 Å². The number of nitriles is 1. The maximum absolute atomic E-state index is 8.41. The number of nitrogens with one attached hydrogen (secondary N) is 1. The molecule has 0 bridgehead atoms. The highest BCUT2D eigenvalue weighted by Crippen LogP contribution is 2.35. The Morgan fingerprint density at radius 3 is 2.65 bits per heavy atom. The van der Waals surface area contributed by atoms with E-state index in [1.165, 1.54) is 12.8 Å². The maximum Gasteiger partial charge on any atom is 0.174 e. The first-order valence-corrected chi connectivity index (χ1v) is 6.20. The van der Waals surface area contributed by atoms with Crippen LogP contribution in [0.2, 0.25) is 0 Å². The van der Waals surface area contributed by atoms with Crippen molar-refractivity contribution in [3.8, 4) is 11.8 Å². The lowest BCUT2D eigenvalue weighted by atomic mass is 10.1. The molecule has 3 heteroatoms. The standard InChI is InChI=1S/C14H18N2O/c1-2-14(11-3-4-11)16-12-5-7-13(8-6-12)17-10-9-15/h5-8,11,14,16H,2-4,10H2,1H3. The quantitative estimate of drug-likeness (QED) is 0.816. The van der Waals surface area contributed by atoms with Crippen LogP contribution in [-0.2, 0) is 0 Å². The fraction of sp³-hybridized carbons (Fsp3) is 0.500. The SMILES string of the molecule is CCC(Nc1ccc(OCC#N)cc1)C1CC1. The van der Waals surface area contributed by atoms with Crippen molar-refractivity contribution in [1.29, 1.82) is 5.26 Å². The summed E-state index contributed by atoms with van der Waals surface area (Å²) in [5, 5.41) is 12.0. The van der Waals surface area contributed by atoms with E-state index in [0.29, 0.717) is 6.04 Å². The Morgan fingerprint density at radius 2 is 2.12 bits per heavy atom. The molecule has 0 saturated heterocycles. The lowest BCUT2D eigenvalue weighted by Crippen LogP contribution is -2.20. The Bertz CT molecular complexity index is 390. The van der Waals surface area contributed by atoms with Crippen LogP contribution in [-0.4, -0.2) is 12.6 Å². The summed E-state index contributed by atoms with van der Waals surface area (Å²) in [7, 11) is 0. The van der Waals surface area contributed by atoms with Gasteiger partial charge in [0, 0.05) is 11.7 Å². The smallest absolute Gasteiger partial charge is 0.174 e. The number of ether oxygens (including phenoxy) is 1. The summed E-state index contributed by atoms with van der Waals surface area (Å²) in [6.45, 7) is 2.33. The average Bonchev–Trinajstić information content (AvgIpc) is 3.19. The van der Waals surface area contributed by atoms with Gasteiger partial charge in [-0.25, -0.2) is 0 Å². The van der Waals surface area contributed by atoms with Crippen LogP contribution in [0.15, 0.2) is 24.3 Å². The van der Waals surface area contributed by atoms with Gasteiger partial charge in [-0.1, -0.05) is 6.92 Å². The molecular weight excluding hydrogens is 212 g/mol. The van der Waals surface area contributed by atoms with Gasteiger partial charge in [0.2, 0.25) is 0 Å². The van der Waals surface area contributed by atoms with Gasteiger partial charge in [-0.15, -0.1) is 0 Å². The minimum Gasteiger partial charge on any atom is -0.479 e. The van der Waals surface area contributed by atoms with Gasteiger partial charge in [0.05, 0.1) is 0 Å². The largest absolute Gasteiger partial charge is 0.479 e.